The number of para-hydroxylation sites is 5. The highest BCUT2D eigenvalue weighted by Gasteiger charge is 2.19. The molecule has 1 aliphatic rings. The molecular weight excluding hydrogens is 538 g/mol. The molecule has 0 radical (unpaired) electrons. The van der Waals surface area contributed by atoms with Crippen LogP contribution in [0.25, 0.3) is 0 Å². The van der Waals surface area contributed by atoms with E-state index < -0.39 is 0 Å². The fourth-order valence-corrected chi connectivity index (χ4v) is 5.67. The van der Waals surface area contributed by atoms with Crippen LogP contribution in [0.1, 0.15) is 50.1 Å². The summed E-state index contributed by atoms with van der Waals surface area (Å²) in [6.07, 6.45) is 3.23. The van der Waals surface area contributed by atoms with E-state index in [4.69, 9.17) is 4.74 Å². The first-order chi connectivity index (χ1) is 21.0. The largest absolute Gasteiger partial charge is 0.507 e. The zero-order chi connectivity index (χ0) is 29.8. The van der Waals surface area contributed by atoms with Gasteiger partial charge >= 0.3 is 0 Å². The summed E-state index contributed by atoms with van der Waals surface area (Å²) in [5.74, 6) is 1.45. The third-order valence-corrected chi connectivity index (χ3v) is 7.95. The van der Waals surface area contributed by atoms with Gasteiger partial charge in [0.25, 0.3) is 0 Å². The van der Waals surface area contributed by atoms with Crippen molar-refractivity contribution >= 4 is 6.21 Å². The molecule has 5 aromatic carbocycles. The number of phenolic OH excluding ortho intramolecular Hbond substituents is 4. The number of hydrogen-bond donors (Lipinski definition) is 4. The van der Waals surface area contributed by atoms with Crippen molar-refractivity contribution in [2.75, 3.05) is 13.2 Å². The second-order valence-corrected chi connectivity index (χ2v) is 10.8. The van der Waals surface area contributed by atoms with E-state index in [-0.39, 0.29) is 23.0 Å². The number of aliphatic imine (C=N–C) groups is 1. The third-order valence-electron chi connectivity index (χ3n) is 7.95. The van der Waals surface area contributed by atoms with Gasteiger partial charge in [-0.05, 0) is 56.6 Å². The second kappa shape index (κ2) is 12.3. The SMILES string of the molecule is Oc1ccccc1C=NCCOc1c2cccc1Cc1cccc(c1O)Cc1cccc(c1O)Cc1cccc(c1O)C2. The van der Waals surface area contributed by atoms with Crippen LogP contribution >= 0.6 is 0 Å². The number of benzene rings is 5. The van der Waals surface area contributed by atoms with Crippen LogP contribution in [0.5, 0.6) is 28.7 Å². The van der Waals surface area contributed by atoms with Crippen molar-refractivity contribution in [2.24, 2.45) is 4.99 Å². The molecule has 0 spiro atoms. The summed E-state index contributed by atoms with van der Waals surface area (Å²) in [5.41, 5.74) is 6.82. The lowest BCUT2D eigenvalue weighted by Crippen LogP contribution is -2.08. The lowest BCUT2D eigenvalue weighted by molar-refractivity contribution is 0.323. The Morgan fingerprint density at radius 3 is 1.35 bits per heavy atom. The number of rotatable bonds is 5. The molecule has 8 bridgehead atoms. The van der Waals surface area contributed by atoms with Gasteiger partial charge in [0.2, 0.25) is 0 Å². The summed E-state index contributed by atoms with van der Waals surface area (Å²) >= 11 is 0. The Morgan fingerprint density at radius 1 is 0.512 bits per heavy atom. The highest BCUT2D eigenvalue weighted by Crippen LogP contribution is 2.37. The highest BCUT2D eigenvalue weighted by atomic mass is 16.5. The smallest absolute Gasteiger partial charge is 0.126 e. The fraction of sp³-hybridized carbons (Fsp3) is 0.162. The summed E-state index contributed by atoms with van der Waals surface area (Å²) in [6, 6.07) is 30.0. The molecule has 6 heteroatoms. The van der Waals surface area contributed by atoms with E-state index in [1.165, 1.54) is 0 Å². The molecular formula is C37H33NO5. The van der Waals surface area contributed by atoms with Crippen molar-refractivity contribution in [3.8, 4) is 28.7 Å². The predicted molar refractivity (Wildman–Crippen MR) is 168 cm³/mol. The van der Waals surface area contributed by atoms with Crippen LogP contribution in [0.3, 0.4) is 0 Å². The van der Waals surface area contributed by atoms with Gasteiger partial charge < -0.3 is 25.2 Å². The summed E-state index contributed by atoms with van der Waals surface area (Å²) < 4.78 is 6.38. The topological polar surface area (TPSA) is 103 Å². The number of ether oxygens (including phenoxy) is 1. The van der Waals surface area contributed by atoms with Crippen molar-refractivity contribution in [1.29, 1.82) is 0 Å². The zero-order valence-electron chi connectivity index (χ0n) is 23.7. The second-order valence-electron chi connectivity index (χ2n) is 10.8. The van der Waals surface area contributed by atoms with Gasteiger partial charge in [-0.15, -0.1) is 0 Å². The van der Waals surface area contributed by atoms with E-state index in [0.717, 1.165) is 33.4 Å². The van der Waals surface area contributed by atoms with Gasteiger partial charge in [-0.3, -0.25) is 4.99 Å². The zero-order valence-corrected chi connectivity index (χ0v) is 23.7. The first-order valence-electron chi connectivity index (χ1n) is 14.4. The average Bonchev–Trinajstić information content (AvgIpc) is 3.00. The van der Waals surface area contributed by atoms with Crippen LogP contribution in [-0.4, -0.2) is 39.8 Å². The van der Waals surface area contributed by atoms with Crippen molar-refractivity contribution in [3.05, 3.63) is 147 Å². The molecule has 4 N–H and O–H groups in total. The van der Waals surface area contributed by atoms with Gasteiger partial charge in [0, 0.05) is 37.5 Å². The Hall–Kier alpha value is -5.23. The highest BCUT2D eigenvalue weighted by molar-refractivity contribution is 5.83. The van der Waals surface area contributed by atoms with E-state index in [9.17, 15) is 20.4 Å². The van der Waals surface area contributed by atoms with E-state index in [1.54, 1.807) is 24.4 Å². The van der Waals surface area contributed by atoms with Crippen molar-refractivity contribution in [3.63, 3.8) is 0 Å². The number of fused-ring (bicyclic) bond motifs is 8. The van der Waals surface area contributed by atoms with Crippen LogP contribution in [0.4, 0.5) is 0 Å². The number of nitrogens with zero attached hydrogens (tertiary/aromatic N) is 1. The van der Waals surface area contributed by atoms with Crippen LogP contribution in [-0.2, 0) is 25.7 Å². The third kappa shape index (κ3) is 6.04. The minimum Gasteiger partial charge on any atom is -0.507 e. The van der Waals surface area contributed by atoms with Crippen molar-refractivity contribution < 1.29 is 25.2 Å². The Morgan fingerprint density at radius 2 is 0.907 bits per heavy atom. The molecule has 0 atom stereocenters. The molecule has 216 valence electrons. The van der Waals surface area contributed by atoms with Crippen molar-refractivity contribution in [1.82, 2.24) is 0 Å². The van der Waals surface area contributed by atoms with E-state index >= 15 is 0 Å². The van der Waals surface area contributed by atoms with E-state index in [1.807, 2.05) is 78.9 Å². The number of phenols is 4. The first-order valence-corrected chi connectivity index (χ1v) is 14.4. The van der Waals surface area contributed by atoms with Gasteiger partial charge in [0.1, 0.15) is 35.4 Å². The lowest BCUT2D eigenvalue weighted by atomic mass is 9.91. The van der Waals surface area contributed by atoms with Crippen LogP contribution in [0.15, 0.2) is 102 Å². The Balaban J connectivity index is 1.38. The molecule has 1 aliphatic carbocycles. The molecule has 6 rings (SSSR count). The molecule has 0 aromatic heterocycles. The van der Waals surface area contributed by atoms with Gasteiger partial charge in [0.05, 0.1) is 6.54 Å². The maximum absolute atomic E-state index is 11.3. The number of aromatic hydroxyl groups is 4. The average molecular weight is 572 g/mol. The van der Waals surface area contributed by atoms with E-state index in [2.05, 4.69) is 4.99 Å². The van der Waals surface area contributed by atoms with Crippen LogP contribution in [0.2, 0.25) is 0 Å². The van der Waals surface area contributed by atoms with Crippen molar-refractivity contribution in [2.45, 2.75) is 25.7 Å². The molecule has 5 aromatic rings. The van der Waals surface area contributed by atoms with Gasteiger partial charge in [-0.2, -0.15) is 0 Å². The first kappa shape index (κ1) is 27.9. The Kier molecular flexibility index (Phi) is 8.01. The summed E-state index contributed by atoms with van der Waals surface area (Å²) in [6.45, 7) is 0.685. The molecule has 6 nitrogen and oxygen atoms in total. The van der Waals surface area contributed by atoms with Gasteiger partial charge in [-0.25, -0.2) is 0 Å². The van der Waals surface area contributed by atoms with Crippen LogP contribution in [0, 0.1) is 0 Å². The summed E-state index contributed by atoms with van der Waals surface area (Å²) in [5, 5.41) is 43.8. The fourth-order valence-electron chi connectivity index (χ4n) is 5.67. The van der Waals surface area contributed by atoms with E-state index in [0.29, 0.717) is 61.3 Å². The molecule has 0 amide bonds. The van der Waals surface area contributed by atoms with Gasteiger partial charge in [0.15, 0.2) is 0 Å². The molecule has 0 saturated carbocycles. The monoisotopic (exact) mass is 571 g/mol. The van der Waals surface area contributed by atoms with Crippen LogP contribution < -0.4 is 4.74 Å². The quantitative estimate of drug-likeness (QED) is 0.137. The molecule has 43 heavy (non-hydrogen) atoms. The molecule has 0 heterocycles. The molecule has 0 fully saturated rings. The Bertz CT molecular complexity index is 1720. The predicted octanol–water partition coefficient (Wildman–Crippen LogP) is 6.68. The maximum Gasteiger partial charge on any atom is 0.126 e. The summed E-state index contributed by atoms with van der Waals surface area (Å²) in [7, 11) is 0. The molecule has 0 saturated heterocycles. The number of hydrogen-bond acceptors (Lipinski definition) is 6. The molecule has 0 aliphatic heterocycles. The summed E-state index contributed by atoms with van der Waals surface area (Å²) in [4.78, 5) is 4.44. The lowest BCUT2D eigenvalue weighted by Gasteiger charge is -2.19. The van der Waals surface area contributed by atoms with Gasteiger partial charge in [-0.1, -0.05) is 84.9 Å². The maximum atomic E-state index is 11.3. The molecule has 0 unspecified atom stereocenters. The minimum absolute atomic E-state index is 0.172. The normalized spacial score (nSPS) is 12.7. The Labute approximate surface area is 250 Å². The minimum atomic E-state index is 0.172. The standard InChI is InChI=1S/C37H33NO5/c39-33-16-2-1-7-32(33)23-38-17-18-43-37-30-14-6-15-31(37)22-29-13-5-11-27(36(29)42)20-25-9-3-8-24(34(25)40)19-26-10-4-12-28(21-30)35(26)41/h1-16,23,39-42H,17-22H2.